The lowest BCUT2D eigenvalue weighted by Gasteiger charge is -2.31. The zero-order chi connectivity index (χ0) is 25.9. The molecule has 1 aromatic heterocycles. The zero-order valence-corrected chi connectivity index (χ0v) is 22.5. The van der Waals surface area contributed by atoms with Gasteiger partial charge in [0.2, 0.25) is 0 Å². The molecule has 2 aromatic carbocycles. The van der Waals surface area contributed by atoms with Crippen molar-refractivity contribution in [2.75, 3.05) is 26.4 Å². The molecule has 1 aliphatic rings. The third-order valence-electron chi connectivity index (χ3n) is 6.10. The molecule has 0 unspecified atom stereocenters. The van der Waals surface area contributed by atoms with Crippen molar-refractivity contribution in [2.24, 2.45) is 0 Å². The molecule has 11 heteroatoms. The number of hydrogen-bond acceptors (Lipinski definition) is 8. The van der Waals surface area contributed by atoms with Crippen LogP contribution in [0, 0.1) is 0 Å². The Hall–Kier alpha value is -2.38. The molecule has 36 heavy (non-hydrogen) atoms. The van der Waals surface area contributed by atoms with Crippen molar-refractivity contribution in [3.63, 3.8) is 0 Å². The van der Waals surface area contributed by atoms with E-state index in [1.807, 2.05) is 45.0 Å². The molecule has 0 saturated heterocycles. The van der Waals surface area contributed by atoms with Crippen LogP contribution in [0.3, 0.4) is 0 Å². The minimum Gasteiger partial charge on any atom is -0.423 e. The van der Waals surface area contributed by atoms with Gasteiger partial charge in [0.1, 0.15) is 0 Å². The van der Waals surface area contributed by atoms with Crippen LogP contribution in [0.25, 0.3) is 21.2 Å². The van der Waals surface area contributed by atoms with Crippen molar-refractivity contribution >= 4 is 54.6 Å². The Labute approximate surface area is 215 Å². The van der Waals surface area contributed by atoms with Crippen molar-refractivity contribution < 1.29 is 32.9 Å². The van der Waals surface area contributed by atoms with Crippen molar-refractivity contribution in [3.05, 3.63) is 53.6 Å². The lowest BCUT2D eigenvalue weighted by atomic mass is 9.89. The highest BCUT2D eigenvalue weighted by molar-refractivity contribution is 7.25. The van der Waals surface area contributed by atoms with Gasteiger partial charge in [-0.3, -0.25) is 14.5 Å². The maximum Gasteiger partial charge on any atom is 0.500 e. The molecule has 2 amide bonds. The van der Waals surface area contributed by atoms with Gasteiger partial charge >= 0.3 is 15.9 Å². The van der Waals surface area contributed by atoms with E-state index in [2.05, 4.69) is 0 Å². The van der Waals surface area contributed by atoms with Gasteiger partial charge in [-0.25, -0.2) is 0 Å². The van der Waals surface area contributed by atoms with E-state index >= 15 is 0 Å². The normalized spacial score (nSPS) is 13.6. The third-order valence-corrected chi connectivity index (χ3v) is 10.4. The second kappa shape index (κ2) is 11.3. The molecule has 3 aromatic rings. The summed E-state index contributed by atoms with van der Waals surface area (Å²) in [5.41, 5.74) is 1.79. The Morgan fingerprint density at radius 2 is 1.47 bits per heavy atom. The predicted octanol–water partition coefficient (Wildman–Crippen LogP) is 3.28. The monoisotopic (exact) mass is 527 g/mol. The van der Waals surface area contributed by atoms with Crippen molar-refractivity contribution in [3.8, 4) is 10.4 Å². The van der Waals surface area contributed by atoms with Gasteiger partial charge in [0.05, 0.1) is 0 Å². The van der Waals surface area contributed by atoms with Crippen LogP contribution in [0.15, 0.2) is 42.5 Å². The number of thiophene rings is 1. The fourth-order valence-electron chi connectivity index (χ4n) is 4.66. The van der Waals surface area contributed by atoms with Gasteiger partial charge < -0.3 is 23.3 Å². The molecule has 190 valence electrons. The van der Waals surface area contributed by atoms with Crippen LogP contribution in [-0.4, -0.2) is 69.1 Å². The van der Waals surface area contributed by atoms with Crippen LogP contribution in [0.2, 0.25) is 6.04 Å². The van der Waals surface area contributed by atoms with Gasteiger partial charge in [0.15, 0.2) is 0 Å². The van der Waals surface area contributed by atoms with Gasteiger partial charge in [0.25, 0.3) is 11.8 Å². The number of carbonyl (C=O) groups excluding carboxylic acids is 2. The number of nitrogens with zero attached hydrogens (tertiary/aromatic N) is 1. The topological polar surface area (TPSA) is 106 Å². The summed E-state index contributed by atoms with van der Waals surface area (Å²) in [6.07, 6.45) is 0.508. The summed E-state index contributed by atoms with van der Waals surface area (Å²) >= 11 is 1.26. The first kappa shape index (κ1) is 26.7. The number of hydrogen-bond donors (Lipinski definition) is 2. The first-order valence-electron chi connectivity index (χ1n) is 12.2. The molecule has 4 rings (SSSR count). The van der Waals surface area contributed by atoms with E-state index in [0.717, 1.165) is 15.8 Å². The van der Waals surface area contributed by atoms with E-state index < -0.39 is 15.9 Å². The second-order valence-corrected chi connectivity index (χ2v) is 12.2. The molecule has 0 bridgehead atoms. The largest absolute Gasteiger partial charge is 0.500 e. The molecule has 0 atom stereocenters. The Morgan fingerprint density at radius 3 is 2.06 bits per heavy atom. The zero-order valence-electron chi connectivity index (χ0n) is 20.7. The number of imide groups is 1. The van der Waals surface area contributed by atoms with Crippen LogP contribution in [0.4, 0.5) is 0 Å². The number of rotatable bonds is 12. The number of carbonyl (C=O) groups is 2. The van der Waals surface area contributed by atoms with Crippen LogP contribution in [-0.2, 0) is 13.3 Å². The van der Waals surface area contributed by atoms with E-state index in [1.54, 1.807) is 18.2 Å². The highest BCUT2D eigenvalue weighted by Crippen LogP contribution is 2.38. The molecule has 1 aliphatic heterocycles. The Kier molecular flexibility index (Phi) is 8.41. The minimum atomic E-state index is -2.88. The SMILES string of the molecule is CCO[Si](CCCN1C(=O)c2cccc3c(-c4ccc(B(O)O)s4)ccc(c23)C1=O)(OCC)OCC. The molecule has 2 heterocycles. The van der Waals surface area contributed by atoms with Crippen LogP contribution in [0.5, 0.6) is 0 Å². The number of benzene rings is 2. The first-order valence-corrected chi connectivity index (χ1v) is 14.9. The quantitative estimate of drug-likeness (QED) is 0.275. The van der Waals surface area contributed by atoms with Crippen molar-refractivity contribution in [1.29, 1.82) is 0 Å². The highest BCUT2D eigenvalue weighted by Gasteiger charge is 2.41. The van der Waals surface area contributed by atoms with Gasteiger partial charge in [0, 0.05) is 58.6 Å². The van der Waals surface area contributed by atoms with Crippen LogP contribution >= 0.6 is 11.3 Å². The molecular formula is C25H30BNO7SSi. The van der Waals surface area contributed by atoms with Gasteiger partial charge in [-0.15, -0.1) is 11.3 Å². The predicted molar refractivity (Wildman–Crippen MR) is 143 cm³/mol. The van der Waals surface area contributed by atoms with Gasteiger partial charge in [-0.2, -0.15) is 0 Å². The summed E-state index contributed by atoms with van der Waals surface area (Å²) < 4.78 is 18.1. The fourth-order valence-corrected chi connectivity index (χ4v) is 8.17. The molecule has 2 N–H and O–H groups in total. The van der Waals surface area contributed by atoms with Crippen molar-refractivity contribution in [1.82, 2.24) is 4.90 Å². The third kappa shape index (κ3) is 5.05. The molecule has 0 radical (unpaired) electrons. The second-order valence-electron chi connectivity index (χ2n) is 8.31. The van der Waals surface area contributed by atoms with E-state index in [0.29, 0.717) is 53.6 Å². The Morgan fingerprint density at radius 1 is 0.861 bits per heavy atom. The fraction of sp³-hybridized carbons (Fsp3) is 0.360. The van der Waals surface area contributed by atoms with Crippen LogP contribution in [0.1, 0.15) is 47.9 Å². The summed E-state index contributed by atoms with van der Waals surface area (Å²) in [5, 5.41) is 20.4. The van der Waals surface area contributed by atoms with E-state index in [1.165, 1.54) is 16.2 Å². The summed E-state index contributed by atoms with van der Waals surface area (Å²) in [6.45, 7) is 7.32. The molecular weight excluding hydrogens is 497 g/mol. The smallest absolute Gasteiger partial charge is 0.423 e. The van der Waals surface area contributed by atoms with Gasteiger partial charge in [-0.05, 0) is 56.3 Å². The average Bonchev–Trinajstić information content (AvgIpc) is 3.35. The minimum absolute atomic E-state index is 0.236. The van der Waals surface area contributed by atoms with E-state index in [9.17, 15) is 19.6 Å². The maximum absolute atomic E-state index is 13.4. The summed E-state index contributed by atoms with van der Waals surface area (Å²) in [5.74, 6) is -0.659. The molecule has 0 saturated carbocycles. The Bertz CT molecular complexity index is 1230. The van der Waals surface area contributed by atoms with Gasteiger partial charge in [-0.1, -0.05) is 24.3 Å². The summed E-state index contributed by atoms with van der Waals surface area (Å²) in [6, 6.07) is 13.0. The van der Waals surface area contributed by atoms with E-state index in [4.69, 9.17) is 13.3 Å². The maximum atomic E-state index is 13.4. The summed E-state index contributed by atoms with van der Waals surface area (Å²) in [4.78, 5) is 29.0. The number of amides is 2. The summed E-state index contributed by atoms with van der Waals surface area (Å²) in [7, 11) is -4.43. The lowest BCUT2D eigenvalue weighted by molar-refractivity contribution is 0.0578. The first-order chi connectivity index (χ1) is 17.4. The van der Waals surface area contributed by atoms with Crippen LogP contribution < -0.4 is 4.78 Å². The standard InChI is InChI=1S/C25H30BNO7SSi/c1-4-32-36(33-5-2,34-6-3)16-8-15-27-24(28)19-10-7-9-18-17(11-12-20(23(18)19)25(27)29)21-13-14-22(35-21)26(30)31/h7,9-14,30-31H,4-6,8,15-16H2,1-3H3. The molecule has 8 nitrogen and oxygen atoms in total. The lowest BCUT2D eigenvalue weighted by Crippen LogP contribution is -2.47. The highest BCUT2D eigenvalue weighted by atomic mass is 32.1. The molecule has 0 fully saturated rings. The van der Waals surface area contributed by atoms with E-state index in [-0.39, 0.29) is 18.4 Å². The molecule has 0 aliphatic carbocycles. The van der Waals surface area contributed by atoms with Crippen molar-refractivity contribution in [2.45, 2.75) is 33.2 Å². The Balaban J connectivity index is 1.62. The molecule has 0 spiro atoms. The average molecular weight is 527 g/mol.